The van der Waals surface area contributed by atoms with Gasteiger partial charge in [-0.05, 0) is 25.1 Å². The highest BCUT2D eigenvalue weighted by molar-refractivity contribution is 5.95. The Morgan fingerprint density at radius 1 is 1.42 bits per heavy atom. The van der Waals surface area contributed by atoms with E-state index in [1.807, 2.05) is 14.0 Å². The minimum absolute atomic E-state index is 0.155. The Morgan fingerprint density at radius 3 is 2.68 bits per heavy atom. The summed E-state index contributed by atoms with van der Waals surface area (Å²) in [5, 5.41) is 16.5. The van der Waals surface area contributed by atoms with E-state index >= 15 is 0 Å². The second kappa shape index (κ2) is 5.01. The molecule has 0 amide bonds. The second-order valence-corrected chi connectivity index (χ2v) is 4.14. The number of aromatic carboxylic acids is 1. The Kier molecular flexibility index (Phi) is 3.41. The van der Waals surface area contributed by atoms with Crippen molar-refractivity contribution in [3.8, 4) is 5.75 Å². The number of anilines is 2. The highest BCUT2D eigenvalue weighted by Gasteiger charge is 2.13. The molecule has 0 spiro atoms. The number of carboxylic acids is 1. The summed E-state index contributed by atoms with van der Waals surface area (Å²) < 4.78 is 6.70. The lowest BCUT2D eigenvalue weighted by atomic mass is 10.1. The fourth-order valence-corrected chi connectivity index (χ4v) is 1.80. The molecule has 100 valence electrons. The van der Waals surface area contributed by atoms with Gasteiger partial charge in [0.05, 0.1) is 29.7 Å². The molecule has 0 saturated heterocycles. The van der Waals surface area contributed by atoms with E-state index in [2.05, 4.69) is 10.4 Å². The summed E-state index contributed by atoms with van der Waals surface area (Å²) in [4.78, 5) is 11.3. The van der Waals surface area contributed by atoms with Gasteiger partial charge in [0.2, 0.25) is 0 Å². The van der Waals surface area contributed by atoms with E-state index in [1.54, 1.807) is 23.0 Å². The number of nitrogens with one attached hydrogen (secondary N) is 1. The topological polar surface area (TPSA) is 76.4 Å². The number of aromatic nitrogens is 2. The normalized spacial score (nSPS) is 10.3. The summed E-state index contributed by atoms with van der Waals surface area (Å²) in [6.45, 7) is 1.85. The summed E-state index contributed by atoms with van der Waals surface area (Å²) in [5.41, 5.74) is 2.23. The molecule has 1 aromatic carbocycles. The van der Waals surface area contributed by atoms with Gasteiger partial charge in [-0.3, -0.25) is 4.68 Å². The summed E-state index contributed by atoms with van der Waals surface area (Å²) in [6.07, 6.45) is 1.80. The molecular formula is C13H15N3O3. The molecule has 2 N–H and O–H groups in total. The van der Waals surface area contributed by atoms with Gasteiger partial charge in [-0.25, -0.2) is 4.79 Å². The third-order valence-corrected chi connectivity index (χ3v) is 2.74. The standard InChI is InChI=1S/C13H15N3O3/c1-8-12(7-16(2)15-8)14-11-5-4-9(19-3)6-10(11)13(17)18/h4-7,14H,1-3H3,(H,17,18). The highest BCUT2D eigenvalue weighted by atomic mass is 16.5. The van der Waals surface area contributed by atoms with Crippen LogP contribution in [-0.4, -0.2) is 28.0 Å². The third kappa shape index (κ3) is 2.67. The van der Waals surface area contributed by atoms with E-state index in [4.69, 9.17) is 4.74 Å². The Morgan fingerprint density at radius 2 is 2.16 bits per heavy atom. The van der Waals surface area contributed by atoms with Crippen LogP contribution < -0.4 is 10.1 Å². The molecule has 6 heteroatoms. The number of aryl methyl sites for hydroxylation is 2. The van der Waals surface area contributed by atoms with Crippen LogP contribution in [0.5, 0.6) is 5.75 Å². The lowest BCUT2D eigenvalue weighted by molar-refractivity contribution is 0.0697. The summed E-state index contributed by atoms with van der Waals surface area (Å²) in [7, 11) is 3.31. The summed E-state index contributed by atoms with van der Waals surface area (Å²) in [6, 6.07) is 4.87. The van der Waals surface area contributed by atoms with Gasteiger partial charge in [-0.15, -0.1) is 0 Å². The number of benzene rings is 1. The molecule has 2 aromatic rings. The monoisotopic (exact) mass is 261 g/mol. The molecule has 0 aliphatic carbocycles. The zero-order valence-corrected chi connectivity index (χ0v) is 11.0. The van der Waals surface area contributed by atoms with Crippen molar-refractivity contribution < 1.29 is 14.6 Å². The first-order valence-electron chi connectivity index (χ1n) is 5.70. The van der Waals surface area contributed by atoms with Gasteiger partial charge < -0.3 is 15.2 Å². The first kappa shape index (κ1) is 12.9. The zero-order chi connectivity index (χ0) is 14.0. The average molecular weight is 261 g/mol. The van der Waals surface area contributed by atoms with Crippen LogP contribution in [0.4, 0.5) is 11.4 Å². The molecule has 0 unspecified atom stereocenters. The Bertz CT molecular complexity index is 620. The predicted molar refractivity (Wildman–Crippen MR) is 71.2 cm³/mol. The first-order chi connectivity index (χ1) is 9.01. The Labute approximate surface area is 110 Å². The van der Waals surface area contributed by atoms with E-state index in [0.717, 1.165) is 11.4 Å². The van der Waals surface area contributed by atoms with Crippen LogP contribution in [0.25, 0.3) is 0 Å². The molecule has 19 heavy (non-hydrogen) atoms. The van der Waals surface area contributed by atoms with Gasteiger partial charge in [0.15, 0.2) is 0 Å². The molecule has 1 heterocycles. The zero-order valence-electron chi connectivity index (χ0n) is 11.0. The molecule has 0 fully saturated rings. The molecule has 0 saturated carbocycles. The lowest BCUT2D eigenvalue weighted by Crippen LogP contribution is -2.03. The number of hydrogen-bond donors (Lipinski definition) is 2. The van der Waals surface area contributed by atoms with Crippen LogP contribution in [0.3, 0.4) is 0 Å². The molecule has 0 aliphatic rings. The number of methoxy groups -OCH3 is 1. The molecule has 6 nitrogen and oxygen atoms in total. The molecular weight excluding hydrogens is 246 g/mol. The largest absolute Gasteiger partial charge is 0.497 e. The predicted octanol–water partition coefficient (Wildman–Crippen LogP) is 2.18. The number of hydrogen-bond acceptors (Lipinski definition) is 4. The maximum absolute atomic E-state index is 11.3. The van der Waals surface area contributed by atoms with E-state index < -0.39 is 5.97 Å². The van der Waals surface area contributed by atoms with Gasteiger partial charge in [0, 0.05) is 13.2 Å². The first-order valence-corrected chi connectivity index (χ1v) is 5.70. The lowest BCUT2D eigenvalue weighted by Gasteiger charge is -2.10. The van der Waals surface area contributed by atoms with E-state index in [9.17, 15) is 9.90 Å². The minimum Gasteiger partial charge on any atom is -0.497 e. The fraction of sp³-hybridized carbons (Fsp3) is 0.231. The van der Waals surface area contributed by atoms with Gasteiger partial charge in [-0.1, -0.05) is 0 Å². The van der Waals surface area contributed by atoms with Crippen LogP contribution >= 0.6 is 0 Å². The number of ether oxygens (including phenoxy) is 1. The molecule has 0 bridgehead atoms. The third-order valence-electron chi connectivity index (χ3n) is 2.74. The average Bonchev–Trinajstić information content (AvgIpc) is 2.68. The summed E-state index contributed by atoms with van der Waals surface area (Å²) >= 11 is 0. The molecule has 2 rings (SSSR count). The maximum Gasteiger partial charge on any atom is 0.337 e. The van der Waals surface area contributed by atoms with Crippen molar-refractivity contribution in [2.24, 2.45) is 7.05 Å². The van der Waals surface area contributed by atoms with Crippen LogP contribution in [0.1, 0.15) is 16.1 Å². The maximum atomic E-state index is 11.3. The SMILES string of the molecule is COc1ccc(Nc2cn(C)nc2C)c(C(=O)O)c1. The second-order valence-electron chi connectivity index (χ2n) is 4.14. The van der Waals surface area contributed by atoms with Crippen LogP contribution in [0.2, 0.25) is 0 Å². The van der Waals surface area contributed by atoms with E-state index in [0.29, 0.717) is 11.4 Å². The van der Waals surface area contributed by atoms with Crippen LogP contribution in [-0.2, 0) is 7.05 Å². The molecule has 1 aromatic heterocycles. The van der Waals surface area contributed by atoms with Crippen molar-refractivity contribution in [2.45, 2.75) is 6.92 Å². The number of nitrogens with zero attached hydrogens (tertiary/aromatic N) is 2. The van der Waals surface area contributed by atoms with Crippen LogP contribution in [0, 0.1) is 6.92 Å². The summed E-state index contributed by atoms with van der Waals surface area (Å²) in [5.74, 6) is -0.506. The van der Waals surface area contributed by atoms with Crippen molar-refractivity contribution in [3.05, 3.63) is 35.7 Å². The molecule has 0 atom stereocenters. The molecule has 0 aliphatic heterocycles. The van der Waals surface area contributed by atoms with E-state index in [-0.39, 0.29) is 5.56 Å². The smallest absolute Gasteiger partial charge is 0.337 e. The Hall–Kier alpha value is -2.50. The molecule has 0 radical (unpaired) electrons. The van der Waals surface area contributed by atoms with Crippen molar-refractivity contribution >= 4 is 17.3 Å². The van der Waals surface area contributed by atoms with Crippen molar-refractivity contribution in [1.82, 2.24) is 9.78 Å². The number of rotatable bonds is 4. The number of carboxylic acid groups (broad SMARTS) is 1. The quantitative estimate of drug-likeness (QED) is 0.882. The Balaban J connectivity index is 2.39. The van der Waals surface area contributed by atoms with Crippen molar-refractivity contribution in [2.75, 3.05) is 12.4 Å². The van der Waals surface area contributed by atoms with Gasteiger partial charge in [0.25, 0.3) is 0 Å². The van der Waals surface area contributed by atoms with Crippen molar-refractivity contribution in [1.29, 1.82) is 0 Å². The van der Waals surface area contributed by atoms with E-state index in [1.165, 1.54) is 13.2 Å². The van der Waals surface area contributed by atoms with Crippen molar-refractivity contribution in [3.63, 3.8) is 0 Å². The van der Waals surface area contributed by atoms with Crippen LogP contribution in [0.15, 0.2) is 24.4 Å². The van der Waals surface area contributed by atoms with Gasteiger partial charge in [0.1, 0.15) is 5.75 Å². The number of carbonyl (C=O) groups is 1. The van der Waals surface area contributed by atoms with Gasteiger partial charge in [-0.2, -0.15) is 5.10 Å². The fourth-order valence-electron chi connectivity index (χ4n) is 1.80. The van der Waals surface area contributed by atoms with Gasteiger partial charge >= 0.3 is 5.97 Å². The minimum atomic E-state index is -1.01. The highest BCUT2D eigenvalue weighted by Crippen LogP contribution is 2.26.